The zero-order valence-electron chi connectivity index (χ0n) is 20.2. The van der Waals surface area contributed by atoms with Crippen LogP contribution in [0.25, 0.3) is 0 Å². The molecule has 5 rings (SSSR count). The van der Waals surface area contributed by atoms with Gasteiger partial charge in [0.05, 0.1) is 25.9 Å². The Balaban J connectivity index is 1.20. The number of hydrogen-bond donors (Lipinski definition) is 4. The summed E-state index contributed by atoms with van der Waals surface area (Å²) < 4.78 is 17.5. The molecule has 1 saturated heterocycles. The van der Waals surface area contributed by atoms with Crippen molar-refractivity contribution in [2.45, 2.75) is 56.1 Å². The molecule has 0 aliphatic carbocycles. The highest BCUT2D eigenvalue weighted by molar-refractivity contribution is 6.31. The van der Waals surface area contributed by atoms with Crippen molar-refractivity contribution in [1.29, 1.82) is 0 Å². The summed E-state index contributed by atoms with van der Waals surface area (Å²) in [6.07, 6.45) is -4.66. The third-order valence-electron chi connectivity index (χ3n) is 7.10. The molecule has 0 aromatic heterocycles. The van der Waals surface area contributed by atoms with E-state index in [1.54, 1.807) is 12.1 Å². The van der Waals surface area contributed by atoms with E-state index in [0.717, 1.165) is 23.3 Å². The van der Waals surface area contributed by atoms with Gasteiger partial charge in [-0.1, -0.05) is 60.1 Å². The van der Waals surface area contributed by atoms with Crippen LogP contribution in [-0.4, -0.2) is 58.1 Å². The molecule has 37 heavy (non-hydrogen) atoms. The molecule has 3 aromatic carbocycles. The molecule has 2 heterocycles. The number of hydrogen-bond acceptors (Lipinski definition) is 7. The first-order valence-electron chi connectivity index (χ1n) is 12.4. The van der Waals surface area contributed by atoms with E-state index in [1.807, 2.05) is 42.5 Å². The van der Waals surface area contributed by atoms with Crippen LogP contribution in [0.4, 0.5) is 0 Å². The highest BCUT2D eigenvalue weighted by Crippen LogP contribution is 2.35. The Kier molecular flexibility index (Phi) is 8.12. The van der Waals surface area contributed by atoms with Gasteiger partial charge in [0.2, 0.25) is 0 Å². The van der Waals surface area contributed by atoms with Crippen molar-refractivity contribution in [2.75, 3.05) is 13.2 Å². The molecule has 0 saturated carbocycles. The Bertz CT molecular complexity index is 1200. The van der Waals surface area contributed by atoms with Gasteiger partial charge in [-0.2, -0.15) is 0 Å². The third kappa shape index (κ3) is 5.68. The van der Waals surface area contributed by atoms with E-state index >= 15 is 0 Å². The zero-order valence-corrected chi connectivity index (χ0v) is 21.0. The zero-order chi connectivity index (χ0) is 25.9. The number of rotatable bonds is 8. The second-order valence-corrected chi connectivity index (χ2v) is 9.96. The van der Waals surface area contributed by atoms with Crippen LogP contribution in [0.15, 0.2) is 66.7 Å². The quantitative estimate of drug-likeness (QED) is 0.356. The monoisotopic (exact) mass is 526 g/mol. The predicted octanol–water partition coefficient (Wildman–Crippen LogP) is 3.49. The van der Waals surface area contributed by atoms with Crippen molar-refractivity contribution in [1.82, 2.24) is 0 Å². The molecule has 0 amide bonds. The minimum atomic E-state index is -1.43. The second kappa shape index (κ2) is 11.5. The van der Waals surface area contributed by atoms with Crippen molar-refractivity contribution >= 4 is 11.6 Å². The SMILES string of the molecule is OC[C@H]1O[C@@H](c2ccc(Cl)c(Cc3ccc(OCCC4OCc5ccccc54)cc3)c2)[C@H](O)[C@@H](O)[C@@H]1O. The maximum absolute atomic E-state index is 10.5. The van der Waals surface area contributed by atoms with E-state index in [9.17, 15) is 20.4 Å². The molecule has 0 bridgehead atoms. The number of benzene rings is 3. The maximum atomic E-state index is 10.5. The first-order valence-corrected chi connectivity index (χ1v) is 12.8. The van der Waals surface area contributed by atoms with E-state index in [0.29, 0.717) is 30.2 Å². The molecule has 2 aliphatic heterocycles. The summed E-state index contributed by atoms with van der Waals surface area (Å²) in [6.45, 7) is 0.721. The van der Waals surface area contributed by atoms with Gasteiger partial charge < -0.3 is 34.6 Å². The van der Waals surface area contributed by atoms with Crippen LogP contribution < -0.4 is 4.74 Å². The van der Waals surface area contributed by atoms with Crippen molar-refractivity contribution in [2.24, 2.45) is 0 Å². The van der Waals surface area contributed by atoms with E-state index in [1.165, 1.54) is 11.1 Å². The minimum absolute atomic E-state index is 0.0635. The fourth-order valence-electron chi connectivity index (χ4n) is 4.99. The first-order chi connectivity index (χ1) is 17.9. The van der Waals surface area contributed by atoms with Crippen molar-refractivity contribution in [3.05, 3.63) is 99.6 Å². The first kappa shape index (κ1) is 26.1. The molecular weight excluding hydrogens is 496 g/mol. The van der Waals surface area contributed by atoms with E-state index in [4.69, 9.17) is 25.8 Å². The van der Waals surface area contributed by atoms with Gasteiger partial charge in [0.1, 0.15) is 36.3 Å². The smallest absolute Gasteiger partial charge is 0.119 e. The molecule has 1 unspecified atom stereocenters. The summed E-state index contributed by atoms with van der Waals surface area (Å²) in [4.78, 5) is 0. The van der Waals surface area contributed by atoms with E-state index in [2.05, 4.69) is 12.1 Å². The molecule has 7 nitrogen and oxygen atoms in total. The molecule has 0 spiro atoms. The van der Waals surface area contributed by atoms with Gasteiger partial charge in [0, 0.05) is 11.4 Å². The topological polar surface area (TPSA) is 109 Å². The van der Waals surface area contributed by atoms with E-state index < -0.39 is 37.1 Å². The molecule has 196 valence electrons. The van der Waals surface area contributed by atoms with Crippen LogP contribution in [0.2, 0.25) is 5.02 Å². The molecule has 6 atom stereocenters. The lowest BCUT2D eigenvalue weighted by molar-refractivity contribution is -0.231. The molecule has 3 aromatic rings. The lowest BCUT2D eigenvalue weighted by Crippen LogP contribution is -2.55. The average molecular weight is 527 g/mol. The number of fused-ring (bicyclic) bond motifs is 1. The van der Waals surface area contributed by atoms with Crippen LogP contribution in [0.5, 0.6) is 5.75 Å². The van der Waals surface area contributed by atoms with Crippen molar-refractivity contribution in [3.63, 3.8) is 0 Å². The largest absolute Gasteiger partial charge is 0.493 e. The van der Waals surface area contributed by atoms with Gasteiger partial charge in [-0.25, -0.2) is 0 Å². The highest BCUT2D eigenvalue weighted by Gasteiger charge is 2.44. The Hall–Kier alpha value is -2.49. The molecule has 8 heteroatoms. The van der Waals surface area contributed by atoms with Crippen molar-refractivity contribution in [3.8, 4) is 5.75 Å². The second-order valence-electron chi connectivity index (χ2n) is 9.56. The summed E-state index contributed by atoms with van der Waals surface area (Å²) >= 11 is 6.46. The van der Waals surface area contributed by atoms with Crippen LogP contribution in [0.1, 0.15) is 46.4 Å². The van der Waals surface area contributed by atoms with E-state index in [-0.39, 0.29) is 6.10 Å². The molecule has 0 radical (unpaired) electrons. The summed E-state index contributed by atoms with van der Waals surface area (Å²) in [5, 5.41) is 40.7. The minimum Gasteiger partial charge on any atom is -0.493 e. The Morgan fingerprint density at radius 2 is 1.70 bits per heavy atom. The van der Waals surface area contributed by atoms with Gasteiger partial charge in [-0.15, -0.1) is 0 Å². The molecule has 2 aliphatic rings. The van der Waals surface area contributed by atoms with Gasteiger partial charge in [-0.3, -0.25) is 0 Å². The Labute approximate surface area is 220 Å². The van der Waals surface area contributed by atoms with Gasteiger partial charge in [0.15, 0.2) is 0 Å². The Morgan fingerprint density at radius 1 is 0.919 bits per heavy atom. The highest BCUT2D eigenvalue weighted by atomic mass is 35.5. The maximum Gasteiger partial charge on any atom is 0.119 e. The van der Waals surface area contributed by atoms with Crippen LogP contribution in [-0.2, 0) is 22.5 Å². The number of aliphatic hydroxyl groups is 4. The van der Waals surface area contributed by atoms with Gasteiger partial charge >= 0.3 is 0 Å². The van der Waals surface area contributed by atoms with Crippen LogP contribution >= 0.6 is 11.6 Å². The molecular formula is C29H31ClO7. The average Bonchev–Trinajstić information content (AvgIpc) is 3.33. The molecule has 1 fully saturated rings. The summed E-state index contributed by atoms with van der Waals surface area (Å²) in [6, 6.07) is 21.3. The van der Waals surface area contributed by atoms with Gasteiger partial charge in [-0.05, 0) is 52.4 Å². The lowest BCUT2D eigenvalue weighted by Gasteiger charge is -2.40. The summed E-state index contributed by atoms with van der Waals surface area (Å²) in [7, 11) is 0. The number of aliphatic hydroxyl groups excluding tert-OH is 4. The van der Waals surface area contributed by atoms with Crippen molar-refractivity contribution < 1.29 is 34.6 Å². The fraction of sp³-hybridized carbons (Fsp3) is 0.379. The summed E-state index contributed by atoms with van der Waals surface area (Å²) in [5.41, 5.74) is 4.93. The normalized spacial score (nSPS) is 27.2. The third-order valence-corrected chi connectivity index (χ3v) is 7.47. The fourth-order valence-corrected chi connectivity index (χ4v) is 5.17. The van der Waals surface area contributed by atoms with Crippen LogP contribution in [0, 0.1) is 0 Å². The van der Waals surface area contributed by atoms with Gasteiger partial charge in [0.25, 0.3) is 0 Å². The Morgan fingerprint density at radius 3 is 2.49 bits per heavy atom. The lowest BCUT2D eigenvalue weighted by atomic mass is 9.90. The number of ether oxygens (including phenoxy) is 3. The predicted molar refractivity (Wildman–Crippen MR) is 138 cm³/mol. The standard InChI is InChI=1S/C29H31ClO7/c30-23-10-7-18(29-28(34)27(33)26(32)25(15-31)37-29)14-20(23)13-17-5-8-21(9-6-17)35-12-11-24-22-4-2-1-3-19(22)16-36-24/h1-10,14,24-29,31-34H,11-13,15-16H2/t24?,25-,26-,27+,28-,29+/m1/s1. The summed E-state index contributed by atoms with van der Waals surface area (Å²) in [5.74, 6) is 0.774. The number of halogens is 1. The molecule has 4 N–H and O–H groups in total. The van der Waals surface area contributed by atoms with Crippen LogP contribution in [0.3, 0.4) is 0 Å².